The Balaban J connectivity index is 2.58. The molecule has 1 aliphatic rings. The van der Waals surface area contributed by atoms with Crippen LogP contribution in [0.2, 0.25) is 0 Å². The molecular weight excluding hydrogens is 220 g/mol. The number of carbonyl (C=O) groups is 1. The van der Waals surface area contributed by atoms with Crippen molar-refractivity contribution in [3.63, 3.8) is 0 Å². The molecule has 0 aliphatic heterocycles. The summed E-state index contributed by atoms with van der Waals surface area (Å²) in [6.45, 7) is 7.07. The zero-order chi connectivity index (χ0) is 13.3. The zero-order valence-corrected chi connectivity index (χ0v) is 11.1. The number of carbonyl (C=O) groups excluding carboxylic acids is 1. The van der Waals surface area contributed by atoms with Gasteiger partial charge in [-0.1, -0.05) is 0 Å². The molecule has 3 atom stereocenters. The van der Waals surface area contributed by atoms with Crippen molar-refractivity contribution in [2.45, 2.75) is 70.2 Å². The van der Waals surface area contributed by atoms with Gasteiger partial charge < -0.3 is 20.9 Å². The second-order valence-corrected chi connectivity index (χ2v) is 5.96. The van der Waals surface area contributed by atoms with Crippen LogP contribution in [0.1, 0.15) is 47.0 Å². The van der Waals surface area contributed by atoms with Crippen LogP contribution >= 0.6 is 0 Å². The lowest BCUT2D eigenvalue weighted by molar-refractivity contribution is -0.0314. The Hall–Kier alpha value is -0.810. The number of nitrogens with two attached hydrogens (primary N) is 1. The van der Waals surface area contributed by atoms with Crippen molar-refractivity contribution >= 4 is 6.09 Å². The van der Waals surface area contributed by atoms with Gasteiger partial charge in [-0.05, 0) is 47.0 Å². The summed E-state index contributed by atoms with van der Waals surface area (Å²) in [5, 5.41) is 13.0. The summed E-state index contributed by atoms with van der Waals surface area (Å²) in [4.78, 5) is 11.6. The summed E-state index contributed by atoms with van der Waals surface area (Å²) in [6, 6.07) is -0.655. The Morgan fingerprint density at radius 3 is 2.59 bits per heavy atom. The molecule has 1 fully saturated rings. The van der Waals surface area contributed by atoms with Crippen LogP contribution < -0.4 is 11.1 Å². The van der Waals surface area contributed by atoms with Crippen LogP contribution in [-0.4, -0.2) is 34.5 Å². The molecule has 5 nitrogen and oxygen atoms in total. The highest BCUT2D eigenvalue weighted by molar-refractivity contribution is 5.68. The normalized spacial score (nSPS) is 34.2. The largest absolute Gasteiger partial charge is 0.444 e. The highest BCUT2D eigenvalue weighted by Crippen LogP contribution is 2.27. The van der Waals surface area contributed by atoms with Gasteiger partial charge in [0.15, 0.2) is 0 Å². The van der Waals surface area contributed by atoms with Gasteiger partial charge in [0.1, 0.15) is 5.60 Å². The summed E-state index contributed by atoms with van der Waals surface area (Å²) < 4.78 is 5.17. The van der Waals surface area contributed by atoms with E-state index >= 15 is 0 Å². The molecule has 5 heteroatoms. The quantitative estimate of drug-likeness (QED) is 0.646. The third-order valence-electron chi connectivity index (χ3n) is 3.16. The highest BCUT2D eigenvalue weighted by Gasteiger charge is 2.41. The van der Waals surface area contributed by atoms with Gasteiger partial charge in [0, 0.05) is 6.04 Å². The average molecular weight is 244 g/mol. The Bertz CT molecular complexity index is 284. The maximum Gasteiger partial charge on any atom is 0.407 e. The topological polar surface area (TPSA) is 84.6 Å². The van der Waals surface area contributed by atoms with E-state index in [-0.39, 0.29) is 12.1 Å². The fourth-order valence-electron chi connectivity index (χ4n) is 2.05. The molecular formula is C12H24N2O3. The third kappa shape index (κ3) is 3.85. The molecule has 0 aromatic rings. The van der Waals surface area contributed by atoms with Crippen molar-refractivity contribution in [1.82, 2.24) is 5.32 Å². The lowest BCUT2D eigenvalue weighted by atomic mass is 9.78. The van der Waals surface area contributed by atoms with E-state index < -0.39 is 17.3 Å². The third-order valence-corrected chi connectivity index (χ3v) is 3.16. The second-order valence-electron chi connectivity index (χ2n) is 5.96. The smallest absolute Gasteiger partial charge is 0.407 e. The summed E-state index contributed by atoms with van der Waals surface area (Å²) >= 11 is 0. The Morgan fingerprint density at radius 2 is 2.06 bits per heavy atom. The first kappa shape index (κ1) is 14.3. The molecule has 0 aromatic carbocycles. The maximum atomic E-state index is 11.6. The number of hydrogen-bond donors (Lipinski definition) is 3. The van der Waals surface area contributed by atoms with Gasteiger partial charge in [0.25, 0.3) is 0 Å². The standard InChI is InChI=1S/C12H24N2O3/c1-11(2,3)17-10(15)14-9-7-5-6-8(13)12(9,4)16/h8-9,16H,5-7,13H2,1-4H3,(H,14,15)/t8-,9+,12?/m1/s1. The van der Waals surface area contributed by atoms with Gasteiger partial charge in [0.2, 0.25) is 0 Å². The molecule has 100 valence electrons. The van der Waals surface area contributed by atoms with Gasteiger partial charge in [-0.2, -0.15) is 0 Å². The summed E-state index contributed by atoms with van der Waals surface area (Å²) in [5.41, 5.74) is 4.25. The predicted octanol–water partition coefficient (Wildman–Crippen LogP) is 1.14. The number of alkyl carbamates (subject to hydrolysis) is 1. The minimum absolute atomic E-state index is 0.309. The predicted molar refractivity (Wildman–Crippen MR) is 65.6 cm³/mol. The molecule has 0 aromatic heterocycles. The van der Waals surface area contributed by atoms with E-state index in [1.807, 2.05) is 0 Å². The van der Waals surface area contributed by atoms with E-state index in [0.29, 0.717) is 0 Å². The monoisotopic (exact) mass is 244 g/mol. The second kappa shape index (κ2) is 4.82. The Morgan fingerprint density at radius 1 is 1.47 bits per heavy atom. The fourth-order valence-corrected chi connectivity index (χ4v) is 2.05. The molecule has 0 saturated heterocycles. The fraction of sp³-hybridized carbons (Fsp3) is 0.917. The number of amides is 1. The first-order valence-corrected chi connectivity index (χ1v) is 6.10. The van der Waals surface area contributed by atoms with E-state index in [2.05, 4.69) is 5.32 Å². The summed E-state index contributed by atoms with van der Waals surface area (Å²) in [6.07, 6.45) is 1.90. The molecule has 17 heavy (non-hydrogen) atoms. The molecule has 4 N–H and O–H groups in total. The molecule has 0 radical (unpaired) electrons. The van der Waals surface area contributed by atoms with Crippen LogP contribution in [0.25, 0.3) is 0 Å². The summed E-state index contributed by atoms with van der Waals surface area (Å²) in [5.74, 6) is 0. The van der Waals surface area contributed by atoms with E-state index in [9.17, 15) is 9.90 Å². The number of nitrogens with one attached hydrogen (secondary N) is 1. The van der Waals surface area contributed by atoms with Crippen LogP contribution in [0.4, 0.5) is 4.79 Å². The minimum atomic E-state index is -1.07. The first-order valence-electron chi connectivity index (χ1n) is 6.10. The SMILES string of the molecule is CC(C)(C)OC(=O)N[C@H]1CCC[C@@H](N)C1(C)O. The number of aliphatic hydroxyl groups is 1. The molecule has 0 spiro atoms. The lowest BCUT2D eigenvalue weighted by Gasteiger charge is -2.42. The first-order chi connectivity index (χ1) is 7.63. The number of hydrogen-bond acceptors (Lipinski definition) is 4. The van der Waals surface area contributed by atoms with Crippen molar-refractivity contribution in [3.05, 3.63) is 0 Å². The van der Waals surface area contributed by atoms with Crippen LogP contribution in [0.15, 0.2) is 0 Å². The van der Waals surface area contributed by atoms with Crippen LogP contribution in [-0.2, 0) is 4.74 Å². The Labute approximate surface area is 103 Å². The van der Waals surface area contributed by atoms with Crippen molar-refractivity contribution in [2.24, 2.45) is 5.73 Å². The van der Waals surface area contributed by atoms with Gasteiger partial charge in [-0.25, -0.2) is 4.79 Å². The molecule has 1 unspecified atom stereocenters. The lowest BCUT2D eigenvalue weighted by Crippen LogP contribution is -2.62. The molecule has 1 amide bonds. The maximum absolute atomic E-state index is 11.6. The van der Waals surface area contributed by atoms with Crippen LogP contribution in [0, 0.1) is 0 Å². The van der Waals surface area contributed by atoms with E-state index in [1.165, 1.54) is 0 Å². The van der Waals surface area contributed by atoms with Gasteiger partial charge in [-0.15, -0.1) is 0 Å². The highest BCUT2D eigenvalue weighted by atomic mass is 16.6. The average Bonchev–Trinajstić information content (AvgIpc) is 2.10. The molecule has 1 aliphatic carbocycles. The zero-order valence-electron chi connectivity index (χ0n) is 11.1. The molecule has 1 saturated carbocycles. The van der Waals surface area contributed by atoms with Crippen molar-refractivity contribution in [2.75, 3.05) is 0 Å². The van der Waals surface area contributed by atoms with Gasteiger partial charge in [0.05, 0.1) is 11.6 Å². The van der Waals surface area contributed by atoms with Crippen molar-refractivity contribution in [1.29, 1.82) is 0 Å². The molecule has 0 bridgehead atoms. The van der Waals surface area contributed by atoms with Crippen LogP contribution in [0.3, 0.4) is 0 Å². The summed E-state index contributed by atoms with van der Waals surface area (Å²) in [7, 11) is 0. The van der Waals surface area contributed by atoms with E-state index in [4.69, 9.17) is 10.5 Å². The van der Waals surface area contributed by atoms with Crippen molar-refractivity contribution in [3.8, 4) is 0 Å². The number of ether oxygens (including phenoxy) is 1. The molecule has 0 heterocycles. The van der Waals surface area contributed by atoms with Gasteiger partial charge in [-0.3, -0.25) is 0 Å². The van der Waals surface area contributed by atoms with E-state index in [0.717, 1.165) is 19.3 Å². The number of rotatable bonds is 1. The molecule has 1 rings (SSSR count). The van der Waals surface area contributed by atoms with Crippen LogP contribution in [0.5, 0.6) is 0 Å². The van der Waals surface area contributed by atoms with E-state index in [1.54, 1.807) is 27.7 Å². The van der Waals surface area contributed by atoms with Gasteiger partial charge >= 0.3 is 6.09 Å². The van der Waals surface area contributed by atoms with Crippen molar-refractivity contribution < 1.29 is 14.6 Å². The Kier molecular flexibility index (Phi) is 4.04. The minimum Gasteiger partial charge on any atom is -0.444 e.